The lowest BCUT2D eigenvalue weighted by Gasteiger charge is -2.08. The molecule has 0 atom stereocenters. The van der Waals surface area contributed by atoms with Crippen LogP contribution in [0.2, 0.25) is 5.02 Å². The number of rotatable bonds is 7. The van der Waals surface area contributed by atoms with E-state index in [1.54, 1.807) is 12.1 Å². The van der Waals surface area contributed by atoms with Crippen molar-refractivity contribution in [3.63, 3.8) is 0 Å². The summed E-state index contributed by atoms with van der Waals surface area (Å²) < 4.78 is 14.1. The molecule has 0 fully saturated rings. The Balaban J connectivity index is 1.44. The summed E-state index contributed by atoms with van der Waals surface area (Å²) in [7, 11) is 0. The third kappa shape index (κ3) is 4.89. The number of carbonyl (C=O) groups excluding carboxylic acids is 1. The van der Waals surface area contributed by atoms with Gasteiger partial charge in [-0.15, -0.1) is 0 Å². The summed E-state index contributed by atoms with van der Waals surface area (Å²) in [6.45, 7) is 4.49. The van der Waals surface area contributed by atoms with Crippen molar-refractivity contribution < 1.29 is 13.9 Å². The van der Waals surface area contributed by atoms with Gasteiger partial charge in [0.15, 0.2) is 5.76 Å². The largest absolute Gasteiger partial charge is 0.484 e. The fraction of sp³-hybridized carbons (Fsp3) is 0.167. The molecule has 0 saturated heterocycles. The highest BCUT2D eigenvalue weighted by Gasteiger charge is 2.18. The maximum atomic E-state index is 12.8. The zero-order valence-electron chi connectivity index (χ0n) is 17.6. The average molecular weight is 515 g/mol. The first-order chi connectivity index (χ1) is 15.4. The van der Waals surface area contributed by atoms with Crippen molar-refractivity contribution in [2.24, 2.45) is 0 Å². The van der Waals surface area contributed by atoms with Gasteiger partial charge in [-0.05, 0) is 65.7 Å². The van der Waals surface area contributed by atoms with E-state index in [1.165, 1.54) is 0 Å². The Labute approximate surface area is 199 Å². The molecule has 32 heavy (non-hydrogen) atoms. The quantitative estimate of drug-likeness (QED) is 0.310. The number of para-hydroxylation sites is 1. The minimum atomic E-state index is -0.347. The number of aryl methyl sites for hydroxylation is 1. The number of benzene rings is 2. The number of furan rings is 1. The number of hydrogen-bond acceptors (Lipinski definition) is 4. The van der Waals surface area contributed by atoms with Gasteiger partial charge >= 0.3 is 0 Å². The first kappa shape index (κ1) is 22.2. The number of carbonyl (C=O) groups is 1. The number of anilines is 1. The van der Waals surface area contributed by atoms with Crippen LogP contribution in [0.25, 0.3) is 0 Å². The number of nitrogens with one attached hydrogen (secondary N) is 1. The highest BCUT2D eigenvalue weighted by molar-refractivity contribution is 9.10. The molecule has 1 N–H and O–H groups in total. The average Bonchev–Trinajstić information content (AvgIpc) is 3.35. The van der Waals surface area contributed by atoms with E-state index in [1.807, 2.05) is 67.1 Å². The summed E-state index contributed by atoms with van der Waals surface area (Å²) in [4.78, 5) is 12.8. The summed E-state index contributed by atoms with van der Waals surface area (Å²) in [6, 6.07) is 18.5. The Hall–Kier alpha value is -3.03. The zero-order valence-corrected chi connectivity index (χ0v) is 19.9. The lowest BCUT2D eigenvalue weighted by atomic mass is 10.2. The Kier molecular flexibility index (Phi) is 6.67. The molecule has 0 bridgehead atoms. The number of nitrogens with zero attached hydrogens (tertiary/aromatic N) is 2. The second kappa shape index (κ2) is 9.63. The molecule has 6 nitrogen and oxygen atoms in total. The number of hydrogen-bond donors (Lipinski definition) is 1. The maximum absolute atomic E-state index is 12.8. The van der Waals surface area contributed by atoms with E-state index in [9.17, 15) is 4.79 Å². The molecule has 0 spiro atoms. The number of ether oxygens (including phenoxy) is 1. The van der Waals surface area contributed by atoms with E-state index in [-0.39, 0.29) is 18.3 Å². The molecular formula is C24H21BrClN3O3. The molecule has 0 radical (unpaired) electrons. The lowest BCUT2D eigenvalue weighted by Crippen LogP contribution is -2.12. The summed E-state index contributed by atoms with van der Waals surface area (Å²) in [5.41, 5.74) is 3.16. The molecule has 0 aliphatic rings. The predicted molar refractivity (Wildman–Crippen MR) is 127 cm³/mol. The van der Waals surface area contributed by atoms with Gasteiger partial charge in [-0.3, -0.25) is 9.48 Å². The maximum Gasteiger partial charge on any atom is 0.291 e. The van der Waals surface area contributed by atoms with Crippen LogP contribution in [0.4, 0.5) is 5.69 Å². The van der Waals surface area contributed by atoms with Gasteiger partial charge in [-0.1, -0.05) is 41.9 Å². The minimum absolute atomic E-state index is 0.202. The Morgan fingerprint density at radius 3 is 2.66 bits per heavy atom. The van der Waals surface area contributed by atoms with E-state index in [4.69, 9.17) is 20.8 Å². The van der Waals surface area contributed by atoms with Gasteiger partial charge in [-0.25, -0.2) is 0 Å². The Morgan fingerprint density at radius 1 is 1.12 bits per heavy atom. The fourth-order valence-electron chi connectivity index (χ4n) is 3.28. The van der Waals surface area contributed by atoms with E-state index in [2.05, 4.69) is 26.3 Å². The molecule has 2 aromatic heterocycles. The molecule has 4 rings (SSSR count). The normalized spacial score (nSPS) is 10.9. The molecule has 8 heteroatoms. The topological polar surface area (TPSA) is 69.3 Å². The van der Waals surface area contributed by atoms with Crippen molar-refractivity contribution in [2.45, 2.75) is 27.0 Å². The SMILES string of the molecule is Cc1nn(Cc2ccccc2Cl)c(C)c1NC(=O)c1ccc(COc2ccccc2Br)o1. The fourth-order valence-corrected chi connectivity index (χ4v) is 3.88. The van der Waals surface area contributed by atoms with Gasteiger partial charge < -0.3 is 14.5 Å². The van der Waals surface area contributed by atoms with Crippen LogP contribution in [0.3, 0.4) is 0 Å². The minimum Gasteiger partial charge on any atom is -0.484 e. The van der Waals surface area contributed by atoms with Crippen molar-refractivity contribution in [2.75, 3.05) is 5.32 Å². The summed E-state index contributed by atoms with van der Waals surface area (Å²) >= 11 is 9.72. The van der Waals surface area contributed by atoms with E-state index in [0.29, 0.717) is 34.5 Å². The third-order valence-corrected chi connectivity index (χ3v) is 6.01. The van der Waals surface area contributed by atoms with Crippen LogP contribution >= 0.6 is 27.5 Å². The monoisotopic (exact) mass is 513 g/mol. The third-order valence-electron chi connectivity index (χ3n) is 4.99. The van der Waals surface area contributed by atoms with Crippen LogP contribution in [0.5, 0.6) is 5.75 Å². The summed E-state index contributed by atoms with van der Waals surface area (Å²) in [5, 5.41) is 8.15. The molecule has 0 aliphatic carbocycles. The first-order valence-corrected chi connectivity index (χ1v) is 11.1. The molecule has 0 aliphatic heterocycles. The van der Waals surface area contributed by atoms with E-state index < -0.39 is 0 Å². The van der Waals surface area contributed by atoms with Gasteiger partial charge in [0.05, 0.1) is 28.1 Å². The molecule has 2 aromatic carbocycles. The molecule has 1 amide bonds. The second-order valence-electron chi connectivity index (χ2n) is 7.23. The van der Waals surface area contributed by atoms with Gasteiger partial charge in [-0.2, -0.15) is 5.10 Å². The summed E-state index contributed by atoms with van der Waals surface area (Å²) in [6.07, 6.45) is 0. The second-order valence-corrected chi connectivity index (χ2v) is 8.50. The predicted octanol–water partition coefficient (Wildman–Crippen LogP) is 6.39. The number of amides is 1. The first-order valence-electron chi connectivity index (χ1n) is 9.97. The van der Waals surface area contributed by atoms with Crippen molar-refractivity contribution in [1.29, 1.82) is 0 Å². The van der Waals surface area contributed by atoms with Crippen LogP contribution in [0, 0.1) is 13.8 Å². The number of halogens is 2. The smallest absolute Gasteiger partial charge is 0.291 e. The highest BCUT2D eigenvalue weighted by Crippen LogP contribution is 2.26. The van der Waals surface area contributed by atoms with E-state index in [0.717, 1.165) is 15.7 Å². The highest BCUT2D eigenvalue weighted by atomic mass is 79.9. The van der Waals surface area contributed by atoms with Crippen LogP contribution in [-0.4, -0.2) is 15.7 Å². The molecule has 164 valence electrons. The van der Waals surface area contributed by atoms with Crippen molar-refractivity contribution in [3.8, 4) is 5.75 Å². The van der Waals surface area contributed by atoms with Crippen LogP contribution < -0.4 is 10.1 Å². The number of aromatic nitrogens is 2. The Bertz CT molecular complexity index is 1270. The molecule has 2 heterocycles. The standard InChI is InChI=1S/C24H21BrClN3O3/c1-15-23(16(2)29(28-15)13-17-7-3-5-9-20(17)26)27-24(30)22-12-11-18(32-22)14-31-21-10-6-4-8-19(21)25/h3-12H,13-14H2,1-2H3,(H,27,30). The lowest BCUT2D eigenvalue weighted by molar-refractivity contribution is 0.0992. The van der Waals surface area contributed by atoms with Crippen molar-refractivity contribution in [1.82, 2.24) is 9.78 Å². The summed E-state index contributed by atoms with van der Waals surface area (Å²) in [5.74, 6) is 1.11. The molecular weight excluding hydrogens is 494 g/mol. The van der Waals surface area contributed by atoms with Gasteiger partial charge in [0, 0.05) is 5.02 Å². The Morgan fingerprint density at radius 2 is 1.88 bits per heavy atom. The van der Waals surface area contributed by atoms with Crippen LogP contribution in [-0.2, 0) is 13.2 Å². The van der Waals surface area contributed by atoms with Crippen LogP contribution in [0.15, 0.2) is 69.6 Å². The van der Waals surface area contributed by atoms with Crippen molar-refractivity contribution >= 4 is 39.1 Å². The van der Waals surface area contributed by atoms with Gasteiger partial charge in [0.2, 0.25) is 0 Å². The zero-order chi connectivity index (χ0) is 22.7. The van der Waals surface area contributed by atoms with Gasteiger partial charge in [0.25, 0.3) is 5.91 Å². The van der Waals surface area contributed by atoms with Crippen molar-refractivity contribution in [3.05, 3.63) is 98.6 Å². The van der Waals surface area contributed by atoms with E-state index >= 15 is 0 Å². The molecule has 4 aromatic rings. The van der Waals surface area contributed by atoms with Crippen LogP contribution in [0.1, 0.15) is 33.3 Å². The van der Waals surface area contributed by atoms with Gasteiger partial charge in [0.1, 0.15) is 18.1 Å². The molecule has 0 unspecified atom stereocenters. The molecule has 0 saturated carbocycles.